The molecule has 1 saturated heterocycles. The number of benzene rings is 2. The maximum atomic E-state index is 12.3. The number of carbonyl (C=O) groups excluding carboxylic acids is 2. The molecule has 0 aromatic heterocycles. The SMILES string of the molecule is O=C(Nc1cccc(N2CCCC2=O)c1)c1cccc([N+](=O)[O-])c1. The molecule has 0 aliphatic carbocycles. The topological polar surface area (TPSA) is 92.6 Å². The smallest absolute Gasteiger partial charge is 0.270 e. The number of non-ortho nitro benzene ring substituents is 1. The molecule has 0 saturated carbocycles. The van der Waals surface area contributed by atoms with Gasteiger partial charge in [0.2, 0.25) is 5.91 Å². The van der Waals surface area contributed by atoms with Crippen molar-refractivity contribution in [2.24, 2.45) is 0 Å². The molecule has 0 unspecified atom stereocenters. The zero-order valence-corrected chi connectivity index (χ0v) is 12.8. The second kappa shape index (κ2) is 6.49. The highest BCUT2D eigenvalue weighted by Gasteiger charge is 2.22. The Morgan fingerprint density at radius 2 is 1.96 bits per heavy atom. The van der Waals surface area contributed by atoms with Crippen molar-refractivity contribution < 1.29 is 14.5 Å². The van der Waals surface area contributed by atoms with E-state index in [1.807, 2.05) is 6.07 Å². The molecule has 2 aromatic carbocycles. The van der Waals surface area contributed by atoms with Crippen LogP contribution in [-0.2, 0) is 4.79 Å². The maximum Gasteiger partial charge on any atom is 0.270 e. The zero-order chi connectivity index (χ0) is 17.1. The van der Waals surface area contributed by atoms with Crippen molar-refractivity contribution in [1.29, 1.82) is 0 Å². The standard InChI is InChI=1S/C17H15N3O4/c21-16-8-3-9-19(16)14-6-2-5-13(11-14)18-17(22)12-4-1-7-15(10-12)20(23)24/h1-2,4-7,10-11H,3,8-9H2,(H,18,22). The van der Waals surface area contributed by atoms with Crippen molar-refractivity contribution in [2.75, 3.05) is 16.8 Å². The third-order valence-electron chi connectivity index (χ3n) is 3.81. The number of hydrogen-bond donors (Lipinski definition) is 1. The Bertz CT molecular complexity index is 819. The van der Waals surface area contributed by atoms with Crippen molar-refractivity contribution in [2.45, 2.75) is 12.8 Å². The van der Waals surface area contributed by atoms with E-state index < -0.39 is 10.8 Å². The molecule has 2 amide bonds. The van der Waals surface area contributed by atoms with Crippen LogP contribution in [0.25, 0.3) is 0 Å². The number of nitro benzene ring substituents is 1. The number of nitro groups is 1. The molecule has 0 spiro atoms. The zero-order valence-electron chi connectivity index (χ0n) is 12.8. The molecule has 1 fully saturated rings. The lowest BCUT2D eigenvalue weighted by Gasteiger charge is -2.16. The molecule has 0 radical (unpaired) electrons. The van der Waals surface area contributed by atoms with Crippen LogP contribution in [0, 0.1) is 10.1 Å². The first-order chi connectivity index (χ1) is 11.5. The minimum absolute atomic E-state index is 0.0668. The van der Waals surface area contributed by atoms with Crippen LogP contribution in [-0.4, -0.2) is 23.3 Å². The van der Waals surface area contributed by atoms with E-state index in [0.29, 0.717) is 18.7 Å². The predicted octanol–water partition coefficient (Wildman–Crippen LogP) is 2.97. The summed E-state index contributed by atoms with van der Waals surface area (Å²) < 4.78 is 0. The molecule has 0 bridgehead atoms. The van der Waals surface area contributed by atoms with E-state index in [4.69, 9.17) is 0 Å². The normalized spacial score (nSPS) is 13.8. The fourth-order valence-electron chi connectivity index (χ4n) is 2.64. The fraction of sp³-hybridized carbons (Fsp3) is 0.176. The maximum absolute atomic E-state index is 12.3. The number of hydrogen-bond acceptors (Lipinski definition) is 4. The number of carbonyl (C=O) groups is 2. The molecule has 122 valence electrons. The fourth-order valence-corrected chi connectivity index (χ4v) is 2.64. The van der Waals surface area contributed by atoms with Crippen LogP contribution >= 0.6 is 0 Å². The van der Waals surface area contributed by atoms with Crippen LogP contribution in [0.3, 0.4) is 0 Å². The number of rotatable bonds is 4. The van der Waals surface area contributed by atoms with Crippen molar-refractivity contribution in [1.82, 2.24) is 0 Å². The average Bonchev–Trinajstić information content (AvgIpc) is 3.01. The van der Waals surface area contributed by atoms with Crippen LogP contribution in [0.2, 0.25) is 0 Å². The largest absolute Gasteiger partial charge is 0.322 e. The second-order valence-corrected chi connectivity index (χ2v) is 5.46. The first kappa shape index (κ1) is 15.7. The Kier molecular flexibility index (Phi) is 4.24. The lowest BCUT2D eigenvalue weighted by molar-refractivity contribution is -0.384. The van der Waals surface area contributed by atoms with Gasteiger partial charge in [0.05, 0.1) is 4.92 Å². The molecule has 1 N–H and O–H groups in total. The quantitative estimate of drug-likeness (QED) is 0.691. The Labute approximate surface area is 138 Å². The summed E-state index contributed by atoms with van der Waals surface area (Å²) in [6.45, 7) is 0.668. The van der Waals surface area contributed by atoms with Gasteiger partial charge in [0.25, 0.3) is 11.6 Å². The Hall–Kier alpha value is -3.22. The lowest BCUT2D eigenvalue weighted by Crippen LogP contribution is -2.23. The summed E-state index contributed by atoms with van der Waals surface area (Å²) in [7, 11) is 0. The summed E-state index contributed by atoms with van der Waals surface area (Å²) in [5.74, 6) is -0.374. The minimum Gasteiger partial charge on any atom is -0.322 e. The van der Waals surface area contributed by atoms with E-state index >= 15 is 0 Å². The molecule has 7 heteroatoms. The number of amides is 2. The van der Waals surface area contributed by atoms with Crippen molar-refractivity contribution in [3.8, 4) is 0 Å². The van der Waals surface area contributed by atoms with Crippen LogP contribution in [0.15, 0.2) is 48.5 Å². The second-order valence-electron chi connectivity index (χ2n) is 5.46. The van der Waals surface area contributed by atoms with Gasteiger partial charge >= 0.3 is 0 Å². The van der Waals surface area contributed by atoms with Gasteiger partial charge in [0.15, 0.2) is 0 Å². The van der Waals surface area contributed by atoms with Gasteiger partial charge in [-0.05, 0) is 30.7 Å². The van der Waals surface area contributed by atoms with Gasteiger partial charge in [-0.15, -0.1) is 0 Å². The first-order valence-electron chi connectivity index (χ1n) is 7.51. The van der Waals surface area contributed by atoms with Gasteiger partial charge in [-0.3, -0.25) is 19.7 Å². The number of anilines is 2. The molecule has 3 rings (SSSR count). The third-order valence-corrected chi connectivity index (χ3v) is 3.81. The summed E-state index contributed by atoms with van der Waals surface area (Å²) in [6.07, 6.45) is 1.35. The third kappa shape index (κ3) is 3.24. The summed E-state index contributed by atoms with van der Waals surface area (Å²) in [6, 6.07) is 12.5. The monoisotopic (exact) mass is 325 g/mol. The van der Waals surface area contributed by atoms with Gasteiger partial charge in [-0.25, -0.2) is 0 Å². The lowest BCUT2D eigenvalue weighted by atomic mass is 10.2. The molecule has 1 heterocycles. The van der Waals surface area contributed by atoms with E-state index in [2.05, 4.69) is 5.32 Å². The van der Waals surface area contributed by atoms with E-state index in [1.54, 1.807) is 23.1 Å². The molecule has 7 nitrogen and oxygen atoms in total. The molecule has 0 atom stereocenters. The molecule has 1 aliphatic heterocycles. The van der Waals surface area contributed by atoms with Crippen LogP contribution in [0.1, 0.15) is 23.2 Å². The molecule has 2 aromatic rings. The molecular weight excluding hydrogens is 310 g/mol. The van der Waals surface area contributed by atoms with Gasteiger partial charge < -0.3 is 10.2 Å². The first-order valence-corrected chi connectivity index (χ1v) is 7.51. The summed E-state index contributed by atoms with van der Waals surface area (Å²) in [5, 5.41) is 13.5. The number of nitrogens with one attached hydrogen (secondary N) is 1. The van der Waals surface area contributed by atoms with Crippen molar-refractivity contribution >= 4 is 28.9 Å². The van der Waals surface area contributed by atoms with Gasteiger partial charge in [-0.2, -0.15) is 0 Å². The average molecular weight is 325 g/mol. The van der Waals surface area contributed by atoms with Crippen LogP contribution < -0.4 is 10.2 Å². The van der Waals surface area contributed by atoms with Crippen LogP contribution in [0.4, 0.5) is 17.1 Å². The Morgan fingerprint density at radius 3 is 2.67 bits per heavy atom. The van der Waals surface area contributed by atoms with Crippen molar-refractivity contribution in [3.05, 3.63) is 64.2 Å². The highest BCUT2D eigenvalue weighted by Crippen LogP contribution is 2.24. The number of nitrogens with zero attached hydrogens (tertiary/aromatic N) is 2. The van der Waals surface area contributed by atoms with Crippen LogP contribution in [0.5, 0.6) is 0 Å². The summed E-state index contributed by atoms with van der Waals surface area (Å²) in [4.78, 5) is 36.0. The highest BCUT2D eigenvalue weighted by atomic mass is 16.6. The van der Waals surface area contributed by atoms with Gasteiger partial charge in [0, 0.05) is 42.0 Å². The van der Waals surface area contributed by atoms with E-state index in [-0.39, 0.29) is 17.2 Å². The summed E-state index contributed by atoms with van der Waals surface area (Å²) >= 11 is 0. The molecular formula is C17H15N3O4. The van der Waals surface area contributed by atoms with Gasteiger partial charge in [0.1, 0.15) is 0 Å². The summed E-state index contributed by atoms with van der Waals surface area (Å²) in [5.41, 5.74) is 1.32. The Balaban J connectivity index is 1.78. The van der Waals surface area contributed by atoms with Crippen molar-refractivity contribution in [3.63, 3.8) is 0 Å². The Morgan fingerprint density at radius 1 is 1.17 bits per heavy atom. The molecule has 1 aliphatic rings. The van der Waals surface area contributed by atoms with E-state index in [9.17, 15) is 19.7 Å². The molecule has 24 heavy (non-hydrogen) atoms. The van der Waals surface area contributed by atoms with E-state index in [0.717, 1.165) is 12.1 Å². The minimum atomic E-state index is -0.545. The highest BCUT2D eigenvalue weighted by molar-refractivity contribution is 6.05. The van der Waals surface area contributed by atoms with E-state index in [1.165, 1.54) is 24.3 Å². The predicted molar refractivity (Wildman–Crippen MR) is 89.1 cm³/mol. The van der Waals surface area contributed by atoms with Gasteiger partial charge in [-0.1, -0.05) is 12.1 Å².